The smallest absolute Gasteiger partial charge is 0.255 e. The molecule has 2 aromatic carbocycles. The Balaban J connectivity index is 1.38. The minimum absolute atomic E-state index is 0.118. The molecule has 2 amide bonds. The lowest BCUT2D eigenvalue weighted by Gasteiger charge is -2.23. The molecular weight excluding hydrogens is 388 g/mol. The molecule has 1 fully saturated rings. The van der Waals surface area contributed by atoms with E-state index >= 15 is 0 Å². The van der Waals surface area contributed by atoms with Crippen LogP contribution in [0.1, 0.15) is 52.9 Å². The number of hydrogen-bond donors (Lipinski definition) is 3. The summed E-state index contributed by atoms with van der Waals surface area (Å²) in [4.78, 5) is 30.5. The molecule has 1 aromatic heterocycles. The molecule has 1 atom stereocenters. The molecule has 3 aromatic rings. The van der Waals surface area contributed by atoms with Crippen LogP contribution >= 0.6 is 0 Å². The number of aryl methyl sites for hydroxylation is 2. The number of carbonyl (C=O) groups is 2. The first-order valence-electron chi connectivity index (χ1n) is 11.2. The van der Waals surface area contributed by atoms with Crippen LogP contribution in [0.25, 0.3) is 10.9 Å². The molecule has 1 aliphatic carbocycles. The Hall–Kier alpha value is -3.12. The third kappa shape index (κ3) is 3.83. The fourth-order valence-electron chi connectivity index (χ4n) is 5.08. The van der Waals surface area contributed by atoms with E-state index in [4.69, 9.17) is 5.73 Å². The number of anilines is 1. The fourth-order valence-corrected chi connectivity index (χ4v) is 5.08. The lowest BCUT2D eigenvalue weighted by atomic mass is 9.95. The Morgan fingerprint density at radius 2 is 1.94 bits per heavy atom. The number of benzene rings is 2. The van der Waals surface area contributed by atoms with Crippen molar-refractivity contribution in [3.63, 3.8) is 0 Å². The molecule has 6 heteroatoms. The number of likely N-dealkylation sites (tertiary alicyclic amines) is 1. The third-order valence-corrected chi connectivity index (χ3v) is 6.69. The van der Waals surface area contributed by atoms with E-state index in [1.165, 1.54) is 24.1 Å². The van der Waals surface area contributed by atoms with Gasteiger partial charge in [0, 0.05) is 34.4 Å². The molecule has 1 saturated heterocycles. The lowest BCUT2D eigenvalue weighted by molar-refractivity contribution is -0.122. The molecule has 5 rings (SSSR count). The number of fused-ring (bicyclic) bond motifs is 3. The second-order valence-electron chi connectivity index (χ2n) is 8.69. The number of amides is 2. The quantitative estimate of drug-likeness (QED) is 0.592. The fraction of sp³-hybridized carbons (Fsp3) is 0.360. The number of carbonyl (C=O) groups excluding carboxylic acids is 2. The number of hydrogen-bond acceptors (Lipinski definition) is 3. The number of aromatic nitrogens is 1. The van der Waals surface area contributed by atoms with Gasteiger partial charge in [-0.3, -0.25) is 14.5 Å². The van der Waals surface area contributed by atoms with Crippen LogP contribution < -0.4 is 11.1 Å². The molecule has 160 valence electrons. The van der Waals surface area contributed by atoms with Gasteiger partial charge in [-0.15, -0.1) is 0 Å². The molecule has 0 radical (unpaired) electrons. The first-order chi connectivity index (χ1) is 15.1. The summed E-state index contributed by atoms with van der Waals surface area (Å²) in [5.74, 6) is -0.393. The second kappa shape index (κ2) is 8.19. The Kier molecular flexibility index (Phi) is 5.24. The van der Waals surface area contributed by atoms with Crippen molar-refractivity contribution in [2.24, 2.45) is 5.73 Å². The highest BCUT2D eigenvalue weighted by Crippen LogP contribution is 2.30. The highest BCUT2D eigenvalue weighted by Gasteiger charge is 2.29. The molecule has 0 bridgehead atoms. The van der Waals surface area contributed by atoms with Crippen molar-refractivity contribution >= 4 is 28.4 Å². The van der Waals surface area contributed by atoms with Gasteiger partial charge < -0.3 is 16.0 Å². The summed E-state index contributed by atoms with van der Waals surface area (Å²) in [5, 5.41) is 4.25. The zero-order valence-corrected chi connectivity index (χ0v) is 17.6. The molecule has 2 aliphatic rings. The highest BCUT2D eigenvalue weighted by molar-refractivity contribution is 6.07. The molecule has 2 heterocycles. The summed E-state index contributed by atoms with van der Waals surface area (Å²) in [7, 11) is 0. The standard InChI is InChI=1S/C25H28N4O2/c26-24(30)23-10-5-13-29(23)15-17-6-1-3-8-20(17)28-25(31)16-11-12-22-19(14-16)18-7-2-4-9-21(18)27-22/h1,3,6,8,11-12,14,23,27H,2,4-5,7,9-10,13,15H2,(H2,26,30)(H,28,31). The van der Waals surface area contributed by atoms with Crippen molar-refractivity contribution in [2.45, 2.75) is 51.1 Å². The third-order valence-electron chi connectivity index (χ3n) is 6.69. The molecule has 0 saturated carbocycles. The zero-order valence-electron chi connectivity index (χ0n) is 17.6. The Bertz CT molecular complexity index is 1150. The Morgan fingerprint density at radius 1 is 1.10 bits per heavy atom. The van der Waals surface area contributed by atoms with E-state index in [2.05, 4.69) is 15.2 Å². The van der Waals surface area contributed by atoms with E-state index in [1.54, 1.807) is 0 Å². The van der Waals surface area contributed by atoms with E-state index in [1.807, 2.05) is 42.5 Å². The van der Waals surface area contributed by atoms with Crippen molar-refractivity contribution in [2.75, 3.05) is 11.9 Å². The monoisotopic (exact) mass is 416 g/mol. The number of nitrogens with one attached hydrogen (secondary N) is 2. The maximum atomic E-state index is 13.1. The van der Waals surface area contributed by atoms with E-state index in [-0.39, 0.29) is 17.9 Å². The number of primary amides is 1. The highest BCUT2D eigenvalue weighted by atomic mass is 16.2. The van der Waals surface area contributed by atoms with E-state index in [0.717, 1.165) is 54.4 Å². The molecule has 1 unspecified atom stereocenters. The topological polar surface area (TPSA) is 91.2 Å². The van der Waals surface area contributed by atoms with Crippen LogP contribution in [-0.4, -0.2) is 34.3 Å². The summed E-state index contributed by atoms with van der Waals surface area (Å²) in [6, 6.07) is 13.5. The number of aromatic amines is 1. The second-order valence-corrected chi connectivity index (χ2v) is 8.69. The van der Waals surface area contributed by atoms with Crippen molar-refractivity contribution in [1.82, 2.24) is 9.88 Å². The lowest BCUT2D eigenvalue weighted by Crippen LogP contribution is -2.39. The summed E-state index contributed by atoms with van der Waals surface area (Å²) < 4.78 is 0. The normalized spacial score (nSPS) is 18.8. The average molecular weight is 417 g/mol. The van der Waals surface area contributed by atoms with Gasteiger partial charge in [0.1, 0.15) is 0 Å². The maximum absolute atomic E-state index is 13.1. The van der Waals surface area contributed by atoms with Gasteiger partial charge in [0.05, 0.1) is 6.04 Å². The van der Waals surface area contributed by atoms with Crippen LogP contribution in [-0.2, 0) is 24.2 Å². The van der Waals surface area contributed by atoms with Gasteiger partial charge in [-0.25, -0.2) is 0 Å². The number of nitrogens with two attached hydrogens (primary N) is 1. The van der Waals surface area contributed by atoms with Crippen LogP contribution in [0.5, 0.6) is 0 Å². The summed E-state index contributed by atoms with van der Waals surface area (Å²) in [6.07, 6.45) is 6.33. The SMILES string of the molecule is NC(=O)C1CCCN1Cc1ccccc1NC(=O)c1ccc2[nH]c3c(c2c1)CCCC3. The predicted molar refractivity (Wildman–Crippen MR) is 122 cm³/mol. The molecule has 6 nitrogen and oxygen atoms in total. The van der Waals surface area contributed by atoms with Crippen molar-refractivity contribution in [1.29, 1.82) is 0 Å². The summed E-state index contributed by atoms with van der Waals surface area (Å²) in [6.45, 7) is 1.43. The minimum Gasteiger partial charge on any atom is -0.368 e. The van der Waals surface area contributed by atoms with Gasteiger partial charge in [0.25, 0.3) is 5.91 Å². The number of rotatable bonds is 5. The van der Waals surface area contributed by atoms with Crippen LogP contribution in [0, 0.1) is 0 Å². The summed E-state index contributed by atoms with van der Waals surface area (Å²) in [5.41, 5.74) is 11.8. The van der Waals surface area contributed by atoms with Crippen molar-refractivity contribution < 1.29 is 9.59 Å². The van der Waals surface area contributed by atoms with Gasteiger partial charge in [-0.1, -0.05) is 18.2 Å². The van der Waals surface area contributed by atoms with Gasteiger partial charge in [-0.05, 0) is 80.5 Å². The molecule has 4 N–H and O–H groups in total. The predicted octanol–water partition coefficient (Wildman–Crippen LogP) is 3.75. The largest absolute Gasteiger partial charge is 0.368 e. The number of H-pyrrole nitrogens is 1. The first-order valence-corrected chi connectivity index (χ1v) is 11.2. The maximum Gasteiger partial charge on any atom is 0.255 e. The average Bonchev–Trinajstić information content (AvgIpc) is 3.39. The van der Waals surface area contributed by atoms with E-state index < -0.39 is 0 Å². The van der Waals surface area contributed by atoms with Crippen LogP contribution in [0.15, 0.2) is 42.5 Å². The van der Waals surface area contributed by atoms with Crippen molar-refractivity contribution in [3.8, 4) is 0 Å². The molecule has 1 aliphatic heterocycles. The molecular formula is C25H28N4O2. The van der Waals surface area contributed by atoms with Gasteiger partial charge in [-0.2, -0.15) is 0 Å². The number of nitrogens with zero attached hydrogens (tertiary/aromatic N) is 1. The number of para-hydroxylation sites is 1. The van der Waals surface area contributed by atoms with Gasteiger partial charge in [0.15, 0.2) is 0 Å². The molecule has 0 spiro atoms. The first kappa shape index (κ1) is 19.8. The molecule has 31 heavy (non-hydrogen) atoms. The van der Waals surface area contributed by atoms with Gasteiger partial charge in [0.2, 0.25) is 5.91 Å². The van der Waals surface area contributed by atoms with Gasteiger partial charge >= 0.3 is 0 Å². The van der Waals surface area contributed by atoms with E-state index in [9.17, 15) is 9.59 Å². The summed E-state index contributed by atoms with van der Waals surface area (Å²) >= 11 is 0. The van der Waals surface area contributed by atoms with Crippen molar-refractivity contribution in [3.05, 3.63) is 64.8 Å². The van der Waals surface area contributed by atoms with Crippen LogP contribution in [0.3, 0.4) is 0 Å². The van der Waals surface area contributed by atoms with Crippen LogP contribution in [0.4, 0.5) is 5.69 Å². The Morgan fingerprint density at radius 3 is 2.81 bits per heavy atom. The van der Waals surface area contributed by atoms with Crippen LogP contribution in [0.2, 0.25) is 0 Å². The Labute approximate surface area is 181 Å². The van der Waals surface area contributed by atoms with E-state index in [0.29, 0.717) is 12.1 Å². The zero-order chi connectivity index (χ0) is 21.4. The minimum atomic E-state index is -0.276.